The van der Waals surface area contributed by atoms with Crippen molar-refractivity contribution in [1.29, 1.82) is 0 Å². The Morgan fingerprint density at radius 3 is 2.58 bits per heavy atom. The molecule has 5 nitrogen and oxygen atoms in total. The Morgan fingerprint density at radius 2 is 2.05 bits per heavy atom. The Balaban J connectivity index is 2.99. The molecule has 1 unspecified atom stereocenters. The second kappa shape index (κ2) is 6.22. The molecule has 2 N–H and O–H groups in total. The summed E-state index contributed by atoms with van der Waals surface area (Å²) in [5.74, 6) is -1.05. The van der Waals surface area contributed by atoms with Gasteiger partial charge in [-0.1, -0.05) is 19.1 Å². The minimum Gasteiger partial charge on any atom is -0.478 e. The lowest BCUT2D eigenvalue weighted by Gasteiger charge is -2.25. The van der Waals surface area contributed by atoms with Crippen LogP contribution < -0.4 is 5.32 Å². The number of hydrogen-bond donors (Lipinski definition) is 2. The van der Waals surface area contributed by atoms with E-state index in [0.717, 1.165) is 12.0 Å². The number of amides is 2. The number of anilines is 1. The van der Waals surface area contributed by atoms with Crippen LogP contribution in [-0.2, 0) is 0 Å². The largest absolute Gasteiger partial charge is 0.478 e. The van der Waals surface area contributed by atoms with Gasteiger partial charge in [-0.3, -0.25) is 0 Å². The van der Waals surface area contributed by atoms with E-state index in [4.69, 9.17) is 5.11 Å². The van der Waals surface area contributed by atoms with E-state index in [0.29, 0.717) is 5.69 Å². The van der Waals surface area contributed by atoms with Gasteiger partial charge in [-0.2, -0.15) is 0 Å². The Bertz CT molecular complexity index is 486. The molecular weight excluding hydrogens is 244 g/mol. The third kappa shape index (κ3) is 3.47. The summed E-state index contributed by atoms with van der Waals surface area (Å²) in [5.41, 5.74) is 1.19. The minimum atomic E-state index is -1.05. The van der Waals surface area contributed by atoms with Gasteiger partial charge in [-0.15, -0.1) is 0 Å². The second-order valence-corrected chi connectivity index (χ2v) is 4.60. The molecule has 5 heteroatoms. The molecule has 0 fully saturated rings. The highest BCUT2D eigenvalue weighted by molar-refractivity contribution is 6.00. The summed E-state index contributed by atoms with van der Waals surface area (Å²) in [6, 6.07) is 4.70. The number of aryl methyl sites for hydroxylation is 1. The zero-order valence-electron chi connectivity index (χ0n) is 11.7. The standard InChI is InChI=1S/C14H20N2O3/c1-5-10(3)16(4)14(19)15-12-9(2)7-6-8-11(12)13(17)18/h6-8,10H,5H2,1-4H3,(H,15,19)(H,17,18). The van der Waals surface area contributed by atoms with Crippen molar-refractivity contribution in [1.82, 2.24) is 4.90 Å². The first-order valence-electron chi connectivity index (χ1n) is 6.25. The van der Waals surface area contributed by atoms with E-state index in [1.54, 1.807) is 31.0 Å². The van der Waals surface area contributed by atoms with E-state index in [-0.39, 0.29) is 17.6 Å². The smallest absolute Gasteiger partial charge is 0.337 e. The summed E-state index contributed by atoms with van der Waals surface area (Å²) in [4.78, 5) is 24.8. The van der Waals surface area contributed by atoms with Gasteiger partial charge in [0.15, 0.2) is 0 Å². The molecule has 0 aromatic heterocycles. The Kier molecular flexibility index (Phi) is 4.92. The van der Waals surface area contributed by atoms with Crippen molar-refractivity contribution in [3.05, 3.63) is 29.3 Å². The molecule has 0 saturated heterocycles. The van der Waals surface area contributed by atoms with E-state index < -0.39 is 5.97 Å². The van der Waals surface area contributed by atoms with Gasteiger partial charge in [0.25, 0.3) is 0 Å². The summed E-state index contributed by atoms with van der Waals surface area (Å²) in [7, 11) is 1.70. The maximum absolute atomic E-state index is 12.1. The zero-order valence-corrected chi connectivity index (χ0v) is 11.7. The lowest BCUT2D eigenvalue weighted by Crippen LogP contribution is -2.38. The number of carboxylic acid groups (broad SMARTS) is 1. The van der Waals surface area contributed by atoms with E-state index in [1.165, 1.54) is 6.07 Å². The lowest BCUT2D eigenvalue weighted by molar-refractivity contribution is 0.0698. The third-order valence-electron chi connectivity index (χ3n) is 3.31. The Hall–Kier alpha value is -2.04. The van der Waals surface area contributed by atoms with Gasteiger partial charge in [0.05, 0.1) is 11.3 Å². The highest BCUT2D eigenvalue weighted by Gasteiger charge is 2.18. The van der Waals surface area contributed by atoms with Crippen molar-refractivity contribution >= 4 is 17.7 Å². The van der Waals surface area contributed by atoms with Crippen LogP contribution in [0.15, 0.2) is 18.2 Å². The molecule has 0 spiro atoms. The first-order chi connectivity index (χ1) is 8.88. The number of benzene rings is 1. The zero-order chi connectivity index (χ0) is 14.6. The first-order valence-corrected chi connectivity index (χ1v) is 6.25. The lowest BCUT2D eigenvalue weighted by atomic mass is 10.1. The number of hydrogen-bond acceptors (Lipinski definition) is 2. The van der Waals surface area contributed by atoms with Crippen LogP contribution in [0.25, 0.3) is 0 Å². The van der Waals surface area contributed by atoms with Gasteiger partial charge in [0, 0.05) is 13.1 Å². The molecule has 1 rings (SSSR count). The van der Waals surface area contributed by atoms with Gasteiger partial charge < -0.3 is 15.3 Å². The molecule has 0 aliphatic rings. The molecule has 104 valence electrons. The van der Waals surface area contributed by atoms with Gasteiger partial charge >= 0.3 is 12.0 Å². The number of urea groups is 1. The van der Waals surface area contributed by atoms with Crippen LogP contribution in [0.1, 0.15) is 36.2 Å². The normalized spacial score (nSPS) is 11.8. The van der Waals surface area contributed by atoms with Gasteiger partial charge in [0.1, 0.15) is 0 Å². The summed E-state index contributed by atoms with van der Waals surface area (Å²) in [6.45, 7) is 5.70. The topological polar surface area (TPSA) is 69.6 Å². The average molecular weight is 264 g/mol. The number of carbonyl (C=O) groups is 2. The van der Waals surface area contributed by atoms with Crippen molar-refractivity contribution in [3.8, 4) is 0 Å². The van der Waals surface area contributed by atoms with Gasteiger partial charge in [-0.25, -0.2) is 9.59 Å². The number of nitrogens with zero attached hydrogens (tertiary/aromatic N) is 1. The maximum atomic E-state index is 12.1. The van der Waals surface area contributed by atoms with Gasteiger partial charge in [0.2, 0.25) is 0 Å². The van der Waals surface area contributed by atoms with Crippen LogP contribution in [0.4, 0.5) is 10.5 Å². The summed E-state index contributed by atoms with van der Waals surface area (Å²) < 4.78 is 0. The molecule has 1 aromatic rings. The minimum absolute atomic E-state index is 0.0947. The molecule has 0 aliphatic carbocycles. The van der Waals surface area contributed by atoms with E-state index >= 15 is 0 Å². The Labute approximate surface area is 113 Å². The van der Waals surface area contributed by atoms with Crippen molar-refractivity contribution < 1.29 is 14.7 Å². The van der Waals surface area contributed by atoms with E-state index in [1.807, 2.05) is 13.8 Å². The summed E-state index contributed by atoms with van der Waals surface area (Å²) in [5, 5.41) is 11.8. The molecule has 0 saturated carbocycles. The molecule has 0 bridgehead atoms. The number of carbonyl (C=O) groups excluding carboxylic acids is 1. The van der Waals surface area contributed by atoms with E-state index in [2.05, 4.69) is 5.32 Å². The van der Waals surface area contributed by atoms with Crippen LogP contribution in [0.3, 0.4) is 0 Å². The van der Waals surface area contributed by atoms with Crippen molar-refractivity contribution in [3.63, 3.8) is 0 Å². The highest BCUT2D eigenvalue weighted by atomic mass is 16.4. The van der Waals surface area contributed by atoms with Crippen molar-refractivity contribution in [2.45, 2.75) is 33.2 Å². The highest BCUT2D eigenvalue weighted by Crippen LogP contribution is 2.21. The van der Waals surface area contributed by atoms with Crippen LogP contribution >= 0.6 is 0 Å². The predicted octanol–water partition coefficient (Wildman–Crippen LogP) is 2.96. The molecule has 0 heterocycles. The van der Waals surface area contributed by atoms with Crippen LogP contribution in [-0.4, -0.2) is 35.1 Å². The molecule has 19 heavy (non-hydrogen) atoms. The van der Waals surface area contributed by atoms with Crippen LogP contribution in [0.2, 0.25) is 0 Å². The molecule has 0 radical (unpaired) electrons. The SMILES string of the molecule is CCC(C)N(C)C(=O)Nc1c(C)cccc1C(=O)O. The fraction of sp³-hybridized carbons (Fsp3) is 0.429. The van der Waals surface area contributed by atoms with E-state index in [9.17, 15) is 9.59 Å². The Morgan fingerprint density at radius 1 is 1.42 bits per heavy atom. The number of aromatic carboxylic acids is 1. The second-order valence-electron chi connectivity index (χ2n) is 4.60. The number of rotatable bonds is 4. The van der Waals surface area contributed by atoms with Crippen molar-refractivity contribution in [2.24, 2.45) is 0 Å². The average Bonchev–Trinajstić information content (AvgIpc) is 2.38. The molecule has 0 aliphatic heterocycles. The molecule has 1 atom stereocenters. The number of para-hydroxylation sites is 1. The molecule has 2 amide bonds. The fourth-order valence-electron chi connectivity index (χ4n) is 1.68. The molecule has 1 aromatic carbocycles. The first kappa shape index (κ1) is 15.0. The summed E-state index contributed by atoms with van der Waals surface area (Å²) in [6.07, 6.45) is 0.837. The van der Waals surface area contributed by atoms with Crippen molar-refractivity contribution in [2.75, 3.05) is 12.4 Å². The van der Waals surface area contributed by atoms with Crippen LogP contribution in [0, 0.1) is 6.92 Å². The quantitative estimate of drug-likeness (QED) is 0.878. The van der Waals surface area contributed by atoms with Crippen LogP contribution in [0.5, 0.6) is 0 Å². The predicted molar refractivity (Wildman–Crippen MR) is 74.7 cm³/mol. The molecular formula is C14H20N2O3. The summed E-state index contributed by atoms with van der Waals surface area (Å²) >= 11 is 0. The van der Waals surface area contributed by atoms with Gasteiger partial charge in [-0.05, 0) is 31.9 Å². The number of nitrogens with one attached hydrogen (secondary N) is 1. The maximum Gasteiger partial charge on any atom is 0.337 e. The third-order valence-corrected chi connectivity index (χ3v) is 3.31. The monoisotopic (exact) mass is 264 g/mol. The fourth-order valence-corrected chi connectivity index (χ4v) is 1.68. The number of carboxylic acids is 1.